The highest BCUT2D eigenvalue weighted by Crippen LogP contribution is 2.21. The summed E-state index contributed by atoms with van der Waals surface area (Å²) in [5.74, 6) is 0.889. The van der Waals surface area contributed by atoms with E-state index in [-0.39, 0.29) is 0 Å². The SMILES string of the molecule is COc1ccc2cc(CNCN)ccc2c1. The summed E-state index contributed by atoms with van der Waals surface area (Å²) in [6, 6.07) is 12.4. The van der Waals surface area contributed by atoms with Gasteiger partial charge in [-0.15, -0.1) is 0 Å². The molecule has 0 spiro atoms. The highest BCUT2D eigenvalue weighted by atomic mass is 16.5. The third kappa shape index (κ3) is 2.32. The summed E-state index contributed by atoms with van der Waals surface area (Å²) in [5.41, 5.74) is 6.64. The largest absolute Gasteiger partial charge is 0.497 e. The van der Waals surface area contributed by atoms with Gasteiger partial charge in [-0.2, -0.15) is 0 Å². The molecule has 0 aliphatic rings. The van der Waals surface area contributed by atoms with E-state index in [2.05, 4.69) is 29.6 Å². The Labute approximate surface area is 95.2 Å². The molecule has 16 heavy (non-hydrogen) atoms. The minimum atomic E-state index is 0.501. The molecule has 84 valence electrons. The van der Waals surface area contributed by atoms with Gasteiger partial charge in [0.15, 0.2) is 0 Å². The number of ether oxygens (including phenoxy) is 1. The molecule has 0 amide bonds. The third-order valence-electron chi connectivity index (χ3n) is 2.59. The maximum absolute atomic E-state index is 5.40. The van der Waals surface area contributed by atoms with Gasteiger partial charge in [-0.3, -0.25) is 0 Å². The summed E-state index contributed by atoms with van der Waals surface area (Å²) in [4.78, 5) is 0. The van der Waals surface area contributed by atoms with Crippen LogP contribution in [0.25, 0.3) is 10.8 Å². The zero-order valence-electron chi connectivity index (χ0n) is 9.36. The number of benzene rings is 2. The molecule has 0 aliphatic heterocycles. The normalized spacial score (nSPS) is 10.6. The Morgan fingerprint density at radius 3 is 2.62 bits per heavy atom. The molecule has 0 aliphatic carbocycles. The van der Waals surface area contributed by atoms with Crippen molar-refractivity contribution >= 4 is 10.8 Å². The summed E-state index contributed by atoms with van der Waals surface area (Å²) in [5, 5.41) is 5.52. The molecular weight excluding hydrogens is 200 g/mol. The number of rotatable bonds is 4. The number of nitrogens with one attached hydrogen (secondary N) is 1. The second kappa shape index (κ2) is 4.96. The van der Waals surface area contributed by atoms with E-state index in [4.69, 9.17) is 10.5 Å². The van der Waals surface area contributed by atoms with Crippen molar-refractivity contribution in [3.8, 4) is 5.75 Å². The molecule has 0 fully saturated rings. The molecule has 2 aromatic carbocycles. The van der Waals surface area contributed by atoms with Crippen molar-refractivity contribution in [1.82, 2.24) is 5.32 Å². The van der Waals surface area contributed by atoms with Crippen LogP contribution in [0, 0.1) is 0 Å². The van der Waals surface area contributed by atoms with Crippen molar-refractivity contribution in [2.45, 2.75) is 6.54 Å². The molecule has 3 heteroatoms. The first-order valence-corrected chi connectivity index (χ1v) is 5.31. The van der Waals surface area contributed by atoms with Crippen LogP contribution in [-0.2, 0) is 6.54 Å². The lowest BCUT2D eigenvalue weighted by Crippen LogP contribution is -2.21. The number of methoxy groups -OCH3 is 1. The standard InChI is InChI=1S/C13H16N2O/c1-16-13-5-4-11-6-10(8-15-9-14)2-3-12(11)7-13/h2-7,15H,8-9,14H2,1H3. The summed E-state index contributed by atoms with van der Waals surface area (Å²) >= 11 is 0. The third-order valence-corrected chi connectivity index (χ3v) is 2.59. The van der Waals surface area contributed by atoms with Crippen molar-refractivity contribution in [3.63, 3.8) is 0 Å². The smallest absolute Gasteiger partial charge is 0.119 e. The van der Waals surface area contributed by atoms with Gasteiger partial charge in [0.1, 0.15) is 5.75 Å². The van der Waals surface area contributed by atoms with Gasteiger partial charge in [-0.1, -0.05) is 18.2 Å². The first-order chi connectivity index (χ1) is 7.83. The monoisotopic (exact) mass is 216 g/mol. The van der Waals surface area contributed by atoms with E-state index in [1.165, 1.54) is 16.3 Å². The number of hydrogen-bond acceptors (Lipinski definition) is 3. The lowest BCUT2D eigenvalue weighted by Gasteiger charge is -2.06. The van der Waals surface area contributed by atoms with Gasteiger partial charge in [0, 0.05) is 13.2 Å². The molecular formula is C13H16N2O. The Hall–Kier alpha value is -1.58. The van der Waals surface area contributed by atoms with Gasteiger partial charge in [0.25, 0.3) is 0 Å². The fraction of sp³-hybridized carbons (Fsp3) is 0.231. The summed E-state index contributed by atoms with van der Waals surface area (Å²) in [6.45, 7) is 1.30. The van der Waals surface area contributed by atoms with E-state index < -0.39 is 0 Å². The quantitative estimate of drug-likeness (QED) is 0.767. The molecule has 0 saturated heterocycles. The van der Waals surface area contributed by atoms with Crippen molar-refractivity contribution < 1.29 is 4.74 Å². The van der Waals surface area contributed by atoms with E-state index in [0.717, 1.165) is 12.3 Å². The van der Waals surface area contributed by atoms with E-state index in [1.807, 2.05) is 12.1 Å². The summed E-state index contributed by atoms with van der Waals surface area (Å²) < 4.78 is 5.19. The van der Waals surface area contributed by atoms with Gasteiger partial charge < -0.3 is 15.8 Å². The Balaban J connectivity index is 2.32. The minimum Gasteiger partial charge on any atom is -0.497 e. The van der Waals surface area contributed by atoms with Crippen LogP contribution in [0.15, 0.2) is 36.4 Å². The molecule has 0 unspecified atom stereocenters. The average Bonchev–Trinajstić information content (AvgIpc) is 2.35. The van der Waals surface area contributed by atoms with Crippen molar-refractivity contribution in [3.05, 3.63) is 42.0 Å². The van der Waals surface area contributed by atoms with Gasteiger partial charge in [-0.25, -0.2) is 0 Å². The number of fused-ring (bicyclic) bond motifs is 1. The molecule has 0 atom stereocenters. The Bertz CT molecular complexity index is 482. The van der Waals surface area contributed by atoms with Crippen LogP contribution < -0.4 is 15.8 Å². The van der Waals surface area contributed by atoms with Crippen LogP contribution in [0.4, 0.5) is 0 Å². The molecule has 0 saturated carbocycles. The first-order valence-electron chi connectivity index (χ1n) is 5.31. The lowest BCUT2D eigenvalue weighted by atomic mass is 10.1. The van der Waals surface area contributed by atoms with Crippen LogP contribution >= 0.6 is 0 Å². The van der Waals surface area contributed by atoms with E-state index in [0.29, 0.717) is 6.67 Å². The highest BCUT2D eigenvalue weighted by Gasteiger charge is 1.98. The molecule has 2 aromatic rings. The average molecular weight is 216 g/mol. The van der Waals surface area contributed by atoms with Gasteiger partial charge in [0.2, 0.25) is 0 Å². The molecule has 3 N–H and O–H groups in total. The lowest BCUT2D eigenvalue weighted by molar-refractivity contribution is 0.415. The topological polar surface area (TPSA) is 47.3 Å². The van der Waals surface area contributed by atoms with Gasteiger partial charge >= 0.3 is 0 Å². The minimum absolute atomic E-state index is 0.501. The predicted octanol–water partition coefficient (Wildman–Crippen LogP) is 1.85. The van der Waals surface area contributed by atoms with Crippen molar-refractivity contribution in [2.75, 3.05) is 13.8 Å². The summed E-state index contributed by atoms with van der Waals surface area (Å²) in [6.07, 6.45) is 0. The predicted molar refractivity (Wildman–Crippen MR) is 66.4 cm³/mol. The maximum atomic E-state index is 5.40. The second-order valence-corrected chi connectivity index (χ2v) is 3.68. The van der Waals surface area contributed by atoms with E-state index >= 15 is 0 Å². The fourth-order valence-electron chi connectivity index (χ4n) is 1.73. The van der Waals surface area contributed by atoms with Crippen molar-refractivity contribution in [1.29, 1.82) is 0 Å². The number of nitrogens with two attached hydrogens (primary N) is 1. The highest BCUT2D eigenvalue weighted by molar-refractivity contribution is 5.84. The first kappa shape index (κ1) is 10.9. The zero-order valence-corrected chi connectivity index (χ0v) is 9.36. The van der Waals surface area contributed by atoms with Crippen LogP contribution in [0.2, 0.25) is 0 Å². The van der Waals surface area contributed by atoms with Crippen molar-refractivity contribution in [2.24, 2.45) is 5.73 Å². The maximum Gasteiger partial charge on any atom is 0.119 e. The second-order valence-electron chi connectivity index (χ2n) is 3.68. The molecule has 3 nitrogen and oxygen atoms in total. The Morgan fingerprint density at radius 2 is 1.88 bits per heavy atom. The molecule has 0 heterocycles. The van der Waals surface area contributed by atoms with E-state index in [1.54, 1.807) is 7.11 Å². The number of hydrogen-bond donors (Lipinski definition) is 2. The van der Waals surface area contributed by atoms with E-state index in [9.17, 15) is 0 Å². The Kier molecular flexibility index (Phi) is 3.39. The molecule has 0 radical (unpaired) electrons. The van der Waals surface area contributed by atoms with Crippen LogP contribution in [0.5, 0.6) is 5.75 Å². The molecule has 0 bridgehead atoms. The fourth-order valence-corrected chi connectivity index (χ4v) is 1.73. The van der Waals surface area contributed by atoms with Crippen LogP contribution in [0.1, 0.15) is 5.56 Å². The van der Waals surface area contributed by atoms with Gasteiger partial charge in [0.05, 0.1) is 7.11 Å². The Morgan fingerprint density at radius 1 is 1.12 bits per heavy atom. The van der Waals surface area contributed by atoms with Crippen LogP contribution in [0.3, 0.4) is 0 Å². The van der Waals surface area contributed by atoms with Crippen LogP contribution in [-0.4, -0.2) is 13.8 Å². The molecule has 2 rings (SSSR count). The summed E-state index contributed by atoms with van der Waals surface area (Å²) in [7, 11) is 1.68. The van der Waals surface area contributed by atoms with Gasteiger partial charge in [-0.05, 0) is 34.5 Å². The zero-order chi connectivity index (χ0) is 11.4. The molecule has 0 aromatic heterocycles.